The molecule has 0 saturated carbocycles. The Hall–Kier alpha value is -3.72. The molecule has 3 N–H and O–H groups in total. The molecular weight excluding hydrogens is 403 g/mol. The molecule has 0 atom stereocenters. The molecule has 29 heavy (non-hydrogen) atoms. The van der Waals surface area contributed by atoms with Gasteiger partial charge in [0.25, 0.3) is 5.91 Å². The summed E-state index contributed by atoms with van der Waals surface area (Å²) in [5, 5.41) is 13.6. The zero-order chi connectivity index (χ0) is 21.0. The number of phenolic OH excluding ortho intramolecular Hbond substituents is 1. The van der Waals surface area contributed by atoms with Gasteiger partial charge in [-0.15, -0.1) is 0 Å². The number of aromatic amines is 1. The SMILES string of the molecule is COc1cc(/C=N/NC(=O)c2cc(-c3ccc(F)cc3)nc(=O)[nH]2)cc(Cl)c1O. The molecule has 0 radical (unpaired) electrons. The quantitative estimate of drug-likeness (QED) is 0.436. The number of benzene rings is 2. The molecule has 0 saturated heterocycles. The highest BCUT2D eigenvalue weighted by molar-refractivity contribution is 6.32. The monoisotopic (exact) mass is 416 g/mol. The van der Waals surface area contributed by atoms with E-state index in [0.29, 0.717) is 11.1 Å². The first-order chi connectivity index (χ1) is 13.9. The number of hydrogen-bond donors (Lipinski definition) is 3. The number of ether oxygens (including phenoxy) is 1. The van der Waals surface area contributed by atoms with Crippen molar-refractivity contribution in [3.05, 3.63) is 75.0 Å². The van der Waals surface area contributed by atoms with E-state index in [0.717, 1.165) is 0 Å². The Balaban J connectivity index is 1.79. The van der Waals surface area contributed by atoms with Gasteiger partial charge in [0.2, 0.25) is 0 Å². The van der Waals surface area contributed by atoms with Gasteiger partial charge in [-0.2, -0.15) is 10.1 Å². The van der Waals surface area contributed by atoms with Crippen molar-refractivity contribution in [2.24, 2.45) is 5.10 Å². The Kier molecular flexibility index (Phi) is 5.89. The summed E-state index contributed by atoms with van der Waals surface area (Å²) in [7, 11) is 1.37. The average Bonchev–Trinajstić information content (AvgIpc) is 2.70. The molecule has 3 aromatic rings. The van der Waals surface area contributed by atoms with Crippen molar-refractivity contribution in [3.8, 4) is 22.8 Å². The lowest BCUT2D eigenvalue weighted by atomic mass is 10.1. The number of nitrogens with one attached hydrogen (secondary N) is 2. The van der Waals surface area contributed by atoms with Crippen LogP contribution >= 0.6 is 11.6 Å². The number of phenols is 1. The van der Waals surface area contributed by atoms with E-state index >= 15 is 0 Å². The molecule has 0 aliphatic heterocycles. The van der Waals surface area contributed by atoms with Crippen molar-refractivity contribution in [1.29, 1.82) is 0 Å². The Labute approximate surface area is 168 Å². The standard InChI is InChI=1S/C19H14ClFN4O4/c1-29-16-7-10(6-13(20)17(16)26)9-22-25-18(27)15-8-14(23-19(28)24-15)11-2-4-12(21)5-3-11/h2-9,26H,1H3,(H,25,27)(H,23,24,28)/b22-9+. The highest BCUT2D eigenvalue weighted by Crippen LogP contribution is 2.34. The molecule has 10 heteroatoms. The summed E-state index contributed by atoms with van der Waals surface area (Å²) in [5.41, 5.74) is 2.58. The van der Waals surface area contributed by atoms with Crippen LogP contribution in [0.1, 0.15) is 16.1 Å². The Morgan fingerprint density at radius 3 is 2.72 bits per heavy atom. The summed E-state index contributed by atoms with van der Waals surface area (Å²) in [5.74, 6) is -1.19. The molecule has 1 heterocycles. The van der Waals surface area contributed by atoms with Gasteiger partial charge in [-0.05, 0) is 48.0 Å². The highest BCUT2D eigenvalue weighted by Gasteiger charge is 2.11. The third kappa shape index (κ3) is 4.77. The van der Waals surface area contributed by atoms with Crippen LogP contribution in [0.4, 0.5) is 4.39 Å². The topological polar surface area (TPSA) is 117 Å². The van der Waals surface area contributed by atoms with Gasteiger partial charge in [0.1, 0.15) is 11.5 Å². The maximum absolute atomic E-state index is 13.1. The number of aromatic hydroxyl groups is 1. The zero-order valence-corrected chi connectivity index (χ0v) is 15.7. The van der Waals surface area contributed by atoms with Crippen LogP contribution in [0.2, 0.25) is 5.02 Å². The number of rotatable bonds is 5. The summed E-state index contributed by atoms with van der Waals surface area (Å²) < 4.78 is 18.1. The molecule has 0 bridgehead atoms. The third-order valence-electron chi connectivity index (χ3n) is 3.78. The number of methoxy groups -OCH3 is 1. The molecule has 1 aromatic heterocycles. The molecular formula is C19H14ClFN4O4. The second-order valence-electron chi connectivity index (χ2n) is 5.74. The number of hydrazone groups is 1. The number of aromatic nitrogens is 2. The second kappa shape index (κ2) is 8.53. The van der Waals surface area contributed by atoms with E-state index in [4.69, 9.17) is 16.3 Å². The van der Waals surface area contributed by atoms with Crippen LogP contribution in [-0.4, -0.2) is 34.3 Å². The van der Waals surface area contributed by atoms with Gasteiger partial charge in [-0.3, -0.25) is 4.79 Å². The van der Waals surface area contributed by atoms with E-state index < -0.39 is 17.4 Å². The fourth-order valence-corrected chi connectivity index (χ4v) is 2.62. The van der Waals surface area contributed by atoms with Crippen LogP contribution < -0.4 is 15.9 Å². The molecule has 0 fully saturated rings. The van der Waals surface area contributed by atoms with Crippen molar-refractivity contribution >= 4 is 23.7 Å². The van der Waals surface area contributed by atoms with Crippen LogP contribution in [0.3, 0.4) is 0 Å². The summed E-state index contributed by atoms with van der Waals surface area (Å²) in [6.07, 6.45) is 1.28. The lowest BCUT2D eigenvalue weighted by molar-refractivity contribution is 0.0949. The van der Waals surface area contributed by atoms with Gasteiger partial charge in [0.15, 0.2) is 11.5 Å². The van der Waals surface area contributed by atoms with Gasteiger partial charge in [-0.1, -0.05) is 11.6 Å². The molecule has 0 aliphatic carbocycles. The molecule has 3 rings (SSSR count). The van der Waals surface area contributed by atoms with E-state index in [2.05, 4.69) is 20.5 Å². The lowest BCUT2D eigenvalue weighted by Crippen LogP contribution is -2.24. The minimum Gasteiger partial charge on any atom is -0.503 e. The molecule has 148 valence electrons. The Bertz CT molecular complexity index is 1150. The van der Waals surface area contributed by atoms with Crippen LogP contribution in [-0.2, 0) is 0 Å². The summed E-state index contributed by atoms with van der Waals surface area (Å²) >= 11 is 5.89. The average molecular weight is 417 g/mol. The molecule has 0 unspecified atom stereocenters. The first kappa shape index (κ1) is 20.0. The third-order valence-corrected chi connectivity index (χ3v) is 4.07. The minimum atomic E-state index is -0.740. The second-order valence-corrected chi connectivity index (χ2v) is 6.15. The smallest absolute Gasteiger partial charge is 0.346 e. The largest absolute Gasteiger partial charge is 0.503 e. The number of nitrogens with zero attached hydrogens (tertiary/aromatic N) is 2. The molecule has 1 amide bonds. The lowest BCUT2D eigenvalue weighted by Gasteiger charge is -2.06. The number of H-pyrrole nitrogens is 1. The van der Waals surface area contributed by atoms with Gasteiger partial charge in [-0.25, -0.2) is 14.6 Å². The molecule has 8 nitrogen and oxygen atoms in total. The van der Waals surface area contributed by atoms with E-state index in [-0.39, 0.29) is 27.9 Å². The maximum atomic E-state index is 13.1. The van der Waals surface area contributed by atoms with Crippen LogP contribution in [0.15, 0.2) is 52.4 Å². The summed E-state index contributed by atoms with van der Waals surface area (Å²) in [6, 6.07) is 9.57. The van der Waals surface area contributed by atoms with Gasteiger partial charge in [0, 0.05) is 5.56 Å². The Morgan fingerprint density at radius 2 is 2.03 bits per heavy atom. The fraction of sp³-hybridized carbons (Fsp3) is 0.0526. The highest BCUT2D eigenvalue weighted by atomic mass is 35.5. The summed E-state index contributed by atoms with van der Waals surface area (Å²) in [6.45, 7) is 0. The zero-order valence-electron chi connectivity index (χ0n) is 14.9. The van der Waals surface area contributed by atoms with Crippen LogP contribution in [0.25, 0.3) is 11.3 Å². The van der Waals surface area contributed by atoms with E-state index in [9.17, 15) is 19.1 Å². The summed E-state index contributed by atoms with van der Waals surface area (Å²) in [4.78, 5) is 30.2. The number of carbonyl (C=O) groups is 1. The Morgan fingerprint density at radius 1 is 1.31 bits per heavy atom. The molecule has 0 spiro atoms. The molecule has 0 aliphatic rings. The van der Waals surface area contributed by atoms with Crippen molar-refractivity contribution < 1.29 is 19.0 Å². The van der Waals surface area contributed by atoms with Crippen LogP contribution in [0, 0.1) is 5.82 Å². The maximum Gasteiger partial charge on any atom is 0.346 e. The number of hydrogen-bond acceptors (Lipinski definition) is 6. The van der Waals surface area contributed by atoms with Crippen LogP contribution in [0.5, 0.6) is 11.5 Å². The van der Waals surface area contributed by atoms with Gasteiger partial charge >= 0.3 is 5.69 Å². The first-order valence-electron chi connectivity index (χ1n) is 8.14. The molecule has 2 aromatic carbocycles. The normalized spacial score (nSPS) is 10.9. The van der Waals surface area contributed by atoms with Crippen molar-refractivity contribution in [2.75, 3.05) is 7.11 Å². The van der Waals surface area contributed by atoms with E-state index in [1.54, 1.807) is 0 Å². The fourth-order valence-electron chi connectivity index (χ4n) is 2.40. The predicted molar refractivity (Wildman–Crippen MR) is 105 cm³/mol. The number of amides is 1. The minimum absolute atomic E-state index is 0.0551. The van der Waals surface area contributed by atoms with Gasteiger partial charge in [0.05, 0.1) is 24.0 Å². The van der Waals surface area contributed by atoms with E-state index in [1.807, 2.05) is 0 Å². The van der Waals surface area contributed by atoms with Crippen molar-refractivity contribution in [2.45, 2.75) is 0 Å². The number of carbonyl (C=O) groups excluding carboxylic acids is 1. The van der Waals surface area contributed by atoms with Crippen molar-refractivity contribution in [3.63, 3.8) is 0 Å². The first-order valence-corrected chi connectivity index (χ1v) is 8.52. The van der Waals surface area contributed by atoms with E-state index in [1.165, 1.54) is 55.8 Å². The number of halogens is 2. The van der Waals surface area contributed by atoms with Crippen molar-refractivity contribution in [1.82, 2.24) is 15.4 Å². The van der Waals surface area contributed by atoms with Gasteiger partial charge < -0.3 is 14.8 Å². The predicted octanol–water partition coefficient (Wildman–Crippen LogP) is 2.71.